The van der Waals surface area contributed by atoms with Crippen LogP contribution in [0, 0.1) is 75.2 Å². The molecular formula is C122H100Ir4N8-8. The van der Waals surface area contributed by atoms with Gasteiger partial charge in [-0.15, -0.1) is 287 Å². The smallest absolute Gasteiger partial charge is 0.0166 e. The van der Waals surface area contributed by atoms with E-state index in [1.54, 1.807) is 24.8 Å². The van der Waals surface area contributed by atoms with Crippen LogP contribution in [0.2, 0.25) is 0 Å². The minimum atomic E-state index is 0. The second-order valence-corrected chi connectivity index (χ2v) is 31.0. The number of benzene rings is 12. The van der Waals surface area contributed by atoms with Crippen molar-refractivity contribution in [2.24, 2.45) is 5.92 Å². The molecule has 20 aromatic rings. The summed E-state index contributed by atoms with van der Waals surface area (Å²) in [5.74, 6) is 1.20. The molecule has 0 atom stereocenters. The quantitative estimate of drug-likeness (QED) is 0.0935. The molecule has 0 aliphatic carbocycles. The number of nitrogens with zero attached hydrogens (tertiary/aromatic N) is 8. The van der Waals surface area contributed by atoms with Crippen LogP contribution in [0.15, 0.2) is 456 Å². The first-order valence-corrected chi connectivity index (χ1v) is 43.5. The second-order valence-electron chi connectivity index (χ2n) is 31.0. The van der Waals surface area contributed by atoms with Gasteiger partial charge in [0.2, 0.25) is 0 Å². The molecule has 8 heterocycles. The van der Waals surface area contributed by atoms with Gasteiger partial charge in [-0.25, -0.2) is 0 Å². The summed E-state index contributed by atoms with van der Waals surface area (Å²) in [6, 6.07) is 161. The minimum absolute atomic E-state index is 0. The fraction of sp³-hybridized carbons (Fsp3) is 0.0820. The maximum atomic E-state index is 4.47. The molecule has 0 unspecified atom stereocenters. The molecule has 0 aliphatic heterocycles. The molecule has 12 heteroatoms. The molecule has 0 saturated carbocycles. The maximum absolute atomic E-state index is 4.47. The average Bonchev–Trinajstić information content (AvgIpc) is 0.834. The van der Waals surface area contributed by atoms with Crippen molar-refractivity contribution in [3.8, 4) is 135 Å². The third kappa shape index (κ3) is 33.3. The molecular weight excluding hydrogens is 2350 g/mol. The first-order chi connectivity index (χ1) is 63.9. The molecule has 672 valence electrons. The molecule has 0 aliphatic rings. The average molecular weight is 2450 g/mol. The third-order valence-electron chi connectivity index (χ3n) is 20.6. The SMILES string of the molecule is CC(C)Cc1cccc(-c2ccnc(-c3[c-]cccc3)c2)c1.CC(C)c1cccc(-c2ccnc(-c3[c-]cccc3)c2)c1.Cc1ccc(-c2ccnc(-c3[c-]cccc3)c2)cc1.Cc1ccc(-c2ccnc(-c3[c-]cccc3)c2)cc1C.[Ir].[Ir].[Ir].[Ir].[c-]1ccccc1-c1ccccn1.[c-]1ccccc1-c1ccccn1.[c-]1ccccc1-c1ccccn1.[c-]1ccccc1-c1ccccn1. The summed E-state index contributed by atoms with van der Waals surface area (Å²) in [7, 11) is 0. The normalized spacial score (nSPS) is 9.98. The molecule has 8 nitrogen and oxygen atoms in total. The summed E-state index contributed by atoms with van der Waals surface area (Å²) in [6.07, 6.45) is 15.7. The van der Waals surface area contributed by atoms with E-state index in [0.717, 1.165) is 96.5 Å². The molecule has 0 saturated heterocycles. The van der Waals surface area contributed by atoms with Crippen molar-refractivity contribution in [3.63, 3.8) is 0 Å². The van der Waals surface area contributed by atoms with Crippen LogP contribution in [0.3, 0.4) is 0 Å². The van der Waals surface area contributed by atoms with Gasteiger partial charge in [0.05, 0.1) is 0 Å². The Morgan fingerprint density at radius 2 is 0.463 bits per heavy atom. The Morgan fingerprint density at radius 1 is 0.201 bits per heavy atom. The van der Waals surface area contributed by atoms with Crippen LogP contribution in [0.25, 0.3) is 135 Å². The van der Waals surface area contributed by atoms with Crippen molar-refractivity contribution in [2.45, 2.75) is 60.8 Å². The predicted molar refractivity (Wildman–Crippen MR) is 537 cm³/mol. The van der Waals surface area contributed by atoms with Crippen molar-refractivity contribution < 1.29 is 80.4 Å². The van der Waals surface area contributed by atoms with Crippen LogP contribution in [-0.4, -0.2) is 39.9 Å². The molecule has 20 rings (SSSR count). The van der Waals surface area contributed by atoms with E-state index in [4.69, 9.17) is 0 Å². The molecule has 0 spiro atoms. The van der Waals surface area contributed by atoms with Crippen molar-refractivity contribution in [1.82, 2.24) is 39.9 Å². The molecule has 12 aromatic carbocycles. The van der Waals surface area contributed by atoms with Crippen LogP contribution in [-0.2, 0) is 86.8 Å². The Morgan fingerprint density at radius 3 is 0.739 bits per heavy atom. The molecule has 0 bridgehead atoms. The van der Waals surface area contributed by atoms with E-state index >= 15 is 0 Å². The number of hydrogen-bond acceptors (Lipinski definition) is 8. The second kappa shape index (κ2) is 57.0. The van der Waals surface area contributed by atoms with Crippen molar-refractivity contribution in [2.75, 3.05) is 0 Å². The molecule has 0 N–H and O–H groups in total. The standard InChI is InChI=1S/C21H20N.C20H18N.C19H16N.C18H14N.4C11H8N.4Ir/c1-16(2)13-17-7-6-10-19(14-17)20-11-12-22-21(15-20)18-8-4-3-5-9-18;1-15(2)17-9-6-10-18(13-17)19-11-12-21-20(14-19)16-7-4-3-5-8-16;1-14-8-9-17(12-15(14)2)18-10-11-20-19(13-18)16-6-4-3-5-7-16;1-14-7-9-15(10-8-14)17-11-12-19-18(13-17)16-5-3-2-4-6-16;4*1-2-6-10(7-3-1)11-8-4-5-9-12-11;;;;/h3-8,10-12,14-16H,13H2,1-2H3;3-7,9-15H,1-2H3;3-6,8-13H,1-2H3;2-5,7-13H,1H3;4*1-6,8-9H;;;;/q8*-1;;;;. The number of aryl methyl sites for hydroxylation is 3. The maximum Gasteiger partial charge on any atom is 0.0166 e. The van der Waals surface area contributed by atoms with Gasteiger partial charge < -0.3 is 39.9 Å². The summed E-state index contributed by atoms with van der Waals surface area (Å²) in [5, 5.41) is 0. The third-order valence-corrected chi connectivity index (χ3v) is 20.6. The number of hydrogen-bond donors (Lipinski definition) is 0. The zero-order valence-corrected chi connectivity index (χ0v) is 85.2. The van der Waals surface area contributed by atoms with Crippen molar-refractivity contribution in [1.29, 1.82) is 0 Å². The van der Waals surface area contributed by atoms with E-state index < -0.39 is 0 Å². The van der Waals surface area contributed by atoms with E-state index in [9.17, 15) is 0 Å². The monoisotopic (exact) mass is 2450 g/mol. The predicted octanol–water partition coefficient (Wildman–Crippen LogP) is 30.3. The summed E-state index contributed by atoms with van der Waals surface area (Å²) in [4.78, 5) is 34.7. The zero-order chi connectivity index (χ0) is 90.0. The van der Waals surface area contributed by atoms with Gasteiger partial charge in [-0.1, -0.05) is 197 Å². The first kappa shape index (κ1) is 104. The van der Waals surface area contributed by atoms with Gasteiger partial charge in [0.25, 0.3) is 0 Å². The molecule has 0 fully saturated rings. The first-order valence-electron chi connectivity index (χ1n) is 43.5. The molecule has 4 radical (unpaired) electrons. The fourth-order valence-electron chi connectivity index (χ4n) is 13.6. The Kier molecular flexibility index (Phi) is 44.3. The van der Waals surface area contributed by atoms with Gasteiger partial charge >= 0.3 is 0 Å². The minimum Gasteiger partial charge on any atom is -0.305 e. The molecule has 0 amide bonds. The largest absolute Gasteiger partial charge is 0.305 e. The summed E-state index contributed by atoms with van der Waals surface area (Å²) >= 11 is 0. The van der Waals surface area contributed by atoms with Crippen LogP contribution < -0.4 is 0 Å². The van der Waals surface area contributed by atoms with E-state index in [1.165, 1.54) is 72.3 Å². The van der Waals surface area contributed by atoms with Gasteiger partial charge in [-0.2, -0.15) is 0 Å². The fourth-order valence-corrected chi connectivity index (χ4v) is 13.6. The van der Waals surface area contributed by atoms with E-state index in [1.807, 2.05) is 298 Å². The Hall–Kier alpha value is -13.6. The Bertz CT molecular complexity index is 6220. The summed E-state index contributed by atoms with van der Waals surface area (Å²) < 4.78 is 0. The van der Waals surface area contributed by atoms with Gasteiger partial charge in [0.15, 0.2) is 0 Å². The van der Waals surface area contributed by atoms with Gasteiger partial charge in [0, 0.05) is 130 Å². The molecule has 8 aromatic heterocycles. The van der Waals surface area contributed by atoms with Crippen LogP contribution in [0.1, 0.15) is 61.4 Å². The van der Waals surface area contributed by atoms with Crippen LogP contribution in [0.5, 0.6) is 0 Å². The Labute approximate surface area is 846 Å². The van der Waals surface area contributed by atoms with Crippen molar-refractivity contribution in [3.05, 3.63) is 532 Å². The molecule has 134 heavy (non-hydrogen) atoms. The van der Waals surface area contributed by atoms with Crippen molar-refractivity contribution >= 4 is 0 Å². The number of rotatable bonds is 15. The summed E-state index contributed by atoms with van der Waals surface area (Å²) in [6.45, 7) is 15.3. The topological polar surface area (TPSA) is 103 Å². The zero-order valence-electron chi connectivity index (χ0n) is 75.6. The van der Waals surface area contributed by atoms with E-state index in [2.05, 4.69) is 270 Å². The Balaban J connectivity index is 0.000000173. The van der Waals surface area contributed by atoms with Gasteiger partial charge in [-0.05, 0) is 200 Å². The number of pyridine rings is 8. The van der Waals surface area contributed by atoms with Crippen LogP contribution in [0.4, 0.5) is 0 Å². The van der Waals surface area contributed by atoms with Gasteiger partial charge in [-0.3, -0.25) is 0 Å². The number of aromatic nitrogens is 8. The van der Waals surface area contributed by atoms with E-state index in [-0.39, 0.29) is 80.4 Å². The summed E-state index contributed by atoms with van der Waals surface area (Å²) in [5.41, 5.74) is 32.3. The van der Waals surface area contributed by atoms with Crippen LogP contribution >= 0.6 is 0 Å². The van der Waals surface area contributed by atoms with E-state index in [0.29, 0.717) is 11.8 Å². The van der Waals surface area contributed by atoms with Gasteiger partial charge in [0.1, 0.15) is 0 Å².